The lowest BCUT2D eigenvalue weighted by molar-refractivity contribution is 0.422. The van der Waals surface area contributed by atoms with Crippen molar-refractivity contribution in [2.24, 2.45) is 0 Å². The minimum Gasteiger partial charge on any atom is -0.335 e. The van der Waals surface area contributed by atoms with Crippen LogP contribution in [0.15, 0.2) is 0 Å². The van der Waals surface area contributed by atoms with E-state index in [1.165, 1.54) is 66.3 Å². The van der Waals surface area contributed by atoms with Gasteiger partial charge in [0, 0.05) is 16.3 Å². The van der Waals surface area contributed by atoms with Gasteiger partial charge in [0.05, 0.1) is 11.0 Å². The summed E-state index contributed by atoms with van der Waals surface area (Å²) in [5.74, 6) is 0. The van der Waals surface area contributed by atoms with Crippen LogP contribution in [0.2, 0.25) is 0 Å². The third-order valence-electron chi connectivity index (χ3n) is 6.68. The zero-order valence-corrected chi connectivity index (χ0v) is 17.9. The van der Waals surface area contributed by atoms with Crippen LogP contribution >= 0.6 is 0 Å². The van der Waals surface area contributed by atoms with Crippen molar-refractivity contribution in [3.05, 3.63) is 44.5 Å². The fraction of sp³-hybridized carbons (Fsp3) is 0.500. The van der Waals surface area contributed by atoms with Crippen LogP contribution in [-0.4, -0.2) is 4.57 Å². The van der Waals surface area contributed by atoms with E-state index >= 15 is 0 Å². The van der Waals surface area contributed by atoms with Crippen LogP contribution in [0.3, 0.4) is 0 Å². The van der Waals surface area contributed by atoms with E-state index in [-0.39, 0.29) is 5.54 Å². The van der Waals surface area contributed by atoms with Crippen molar-refractivity contribution < 1.29 is 0 Å². The number of fused-ring (bicyclic) bond motifs is 3. The van der Waals surface area contributed by atoms with Gasteiger partial charge in [-0.05, 0) is 121 Å². The second kappa shape index (κ2) is 5.37. The average Bonchev–Trinajstić information content (AvgIpc) is 2.90. The van der Waals surface area contributed by atoms with Crippen molar-refractivity contribution in [3.63, 3.8) is 0 Å². The highest BCUT2D eigenvalue weighted by molar-refractivity contribution is 6.14. The van der Waals surface area contributed by atoms with Gasteiger partial charge in [0.25, 0.3) is 0 Å². The molecule has 0 aliphatic rings. The first-order valence-corrected chi connectivity index (χ1v) is 9.42. The van der Waals surface area contributed by atoms with E-state index in [2.05, 4.69) is 80.7 Å². The second-order valence-corrected chi connectivity index (χ2v) is 8.95. The Balaban J connectivity index is 2.87. The topological polar surface area (TPSA) is 4.93 Å². The quantitative estimate of drug-likeness (QED) is 0.416. The molecule has 2 aromatic carbocycles. The summed E-state index contributed by atoms with van der Waals surface area (Å²) >= 11 is 0. The summed E-state index contributed by atoms with van der Waals surface area (Å²) in [7, 11) is 0. The molecule has 0 radical (unpaired) electrons. The molecule has 134 valence electrons. The molecular weight excluding hydrogens is 302 g/mol. The van der Waals surface area contributed by atoms with Crippen LogP contribution in [0.5, 0.6) is 0 Å². The predicted molar refractivity (Wildman–Crippen MR) is 112 cm³/mol. The van der Waals surface area contributed by atoms with E-state index in [0.717, 1.165) is 0 Å². The Morgan fingerprint density at radius 3 is 1.00 bits per heavy atom. The number of hydrogen-bond acceptors (Lipinski definition) is 0. The van der Waals surface area contributed by atoms with Gasteiger partial charge in [-0.15, -0.1) is 0 Å². The molecule has 0 aliphatic carbocycles. The lowest BCUT2D eigenvalue weighted by Crippen LogP contribution is -2.22. The molecule has 0 saturated carbocycles. The number of nitrogens with zero attached hydrogens (tertiary/aromatic N) is 1. The summed E-state index contributed by atoms with van der Waals surface area (Å²) in [6.07, 6.45) is 0. The summed E-state index contributed by atoms with van der Waals surface area (Å²) in [6.45, 7) is 25.3. The number of rotatable bonds is 0. The monoisotopic (exact) mass is 335 g/mol. The number of aryl methyl sites for hydroxylation is 4. The maximum Gasteiger partial charge on any atom is 0.0531 e. The van der Waals surface area contributed by atoms with Crippen molar-refractivity contribution in [2.75, 3.05) is 0 Å². The van der Waals surface area contributed by atoms with Crippen LogP contribution in [0.25, 0.3) is 21.8 Å². The molecule has 0 atom stereocenters. The molecule has 0 fully saturated rings. The highest BCUT2D eigenvalue weighted by Crippen LogP contribution is 2.44. The lowest BCUT2D eigenvalue weighted by Gasteiger charge is -2.27. The Hall–Kier alpha value is -1.76. The third-order valence-corrected chi connectivity index (χ3v) is 6.68. The molecule has 1 aromatic heterocycles. The minimum atomic E-state index is 0.0395. The largest absolute Gasteiger partial charge is 0.335 e. The molecular formula is C24H33N. The maximum atomic E-state index is 2.61. The molecule has 0 unspecified atom stereocenters. The van der Waals surface area contributed by atoms with E-state index in [9.17, 15) is 0 Å². The number of aromatic nitrogens is 1. The van der Waals surface area contributed by atoms with Crippen LogP contribution in [0.4, 0.5) is 0 Å². The second-order valence-electron chi connectivity index (χ2n) is 8.95. The molecule has 0 saturated heterocycles. The average molecular weight is 336 g/mol. The van der Waals surface area contributed by atoms with Gasteiger partial charge in [0.1, 0.15) is 0 Å². The zero-order chi connectivity index (χ0) is 19.0. The van der Waals surface area contributed by atoms with Crippen molar-refractivity contribution in [1.82, 2.24) is 4.57 Å². The normalized spacial score (nSPS) is 12.6. The van der Waals surface area contributed by atoms with Crippen molar-refractivity contribution in [3.8, 4) is 0 Å². The molecule has 0 bridgehead atoms. The minimum absolute atomic E-state index is 0.0395. The summed E-state index contributed by atoms with van der Waals surface area (Å²) in [5, 5.41) is 2.93. The van der Waals surface area contributed by atoms with Crippen molar-refractivity contribution >= 4 is 21.8 Å². The first-order valence-electron chi connectivity index (χ1n) is 9.42. The molecule has 3 aromatic rings. The van der Waals surface area contributed by atoms with E-state index in [1.54, 1.807) is 0 Å². The predicted octanol–water partition coefficient (Wildman–Crippen LogP) is 7.02. The highest BCUT2D eigenvalue weighted by atomic mass is 15.1. The Labute approximate surface area is 153 Å². The third kappa shape index (κ3) is 2.21. The Morgan fingerprint density at radius 2 is 0.720 bits per heavy atom. The zero-order valence-electron chi connectivity index (χ0n) is 17.9. The van der Waals surface area contributed by atoms with Crippen molar-refractivity contribution in [1.29, 1.82) is 0 Å². The van der Waals surface area contributed by atoms with E-state index in [4.69, 9.17) is 0 Å². The molecule has 0 N–H and O–H groups in total. The molecule has 1 nitrogen and oxygen atoms in total. The van der Waals surface area contributed by atoms with Gasteiger partial charge in [-0.2, -0.15) is 0 Å². The van der Waals surface area contributed by atoms with Crippen molar-refractivity contribution in [2.45, 2.75) is 81.7 Å². The molecule has 0 amide bonds. The maximum absolute atomic E-state index is 2.61. The Bertz CT molecular complexity index is 960. The summed E-state index contributed by atoms with van der Waals surface area (Å²) in [5.41, 5.74) is 14.4. The van der Waals surface area contributed by atoms with Gasteiger partial charge < -0.3 is 4.57 Å². The van der Waals surface area contributed by atoms with Gasteiger partial charge >= 0.3 is 0 Å². The van der Waals surface area contributed by atoms with Gasteiger partial charge in [0.2, 0.25) is 0 Å². The summed E-state index contributed by atoms with van der Waals surface area (Å²) in [6, 6.07) is 0. The van der Waals surface area contributed by atoms with Gasteiger partial charge in [-0.25, -0.2) is 0 Å². The summed E-state index contributed by atoms with van der Waals surface area (Å²) < 4.78 is 2.61. The fourth-order valence-electron chi connectivity index (χ4n) is 4.54. The van der Waals surface area contributed by atoms with Crippen LogP contribution < -0.4 is 0 Å². The number of hydrogen-bond donors (Lipinski definition) is 0. The van der Waals surface area contributed by atoms with Gasteiger partial charge in [-0.1, -0.05) is 0 Å². The first kappa shape index (κ1) is 18.0. The molecule has 1 heterocycles. The molecule has 25 heavy (non-hydrogen) atoms. The van der Waals surface area contributed by atoms with E-state index < -0.39 is 0 Å². The standard InChI is InChI=1S/C24H33N/c1-12-14(3)18(7)22-20(16(12)5)21-17(6)13(2)15(4)19(8)23(21)25(22)24(9,10)11/h1-11H3. The van der Waals surface area contributed by atoms with Crippen LogP contribution in [-0.2, 0) is 5.54 Å². The fourth-order valence-corrected chi connectivity index (χ4v) is 4.54. The SMILES string of the molecule is Cc1c(C)c(C)c2c(c1C)c1c(C)c(C)c(C)c(C)c1n2C(C)(C)C. The van der Waals surface area contributed by atoms with Crippen LogP contribution in [0.1, 0.15) is 65.3 Å². The molecule has 0 spiro atoms. The number of benzene rings is 2. The molecule has 0 aliphatic heterocycles. The smallest absolute Gasteiger partial charge is 0.0531 e. The lowest BCUT2D eigenvalue weighted by atomic mass is 9.90. The summed E-state index contributed by atoms with van der Waals surface area (Å²) in [4.78, 5) is 0. The van der Waals surface area contributed by atoms with Crippen LogP contribution in [0, 0.1) is 55.4 Å². The van der Waals surface area contributed by atoms with Gasteiger partial charge in [0.15, 0.2) is 0 Å². The molecule has 1 heteroatoms. The first-order chi connectivity index (χ1) is 11.4. The van der Waals surface area contributed by atoms with E-state index in [1.807, 2.05) is 0 Å². The highest BCUT2D eigenvalue weighted by Gasteiger charge is 2.27. The Kier molecular flexibility index (Phi) is 3.87. The Morgan fingerprint density at radius 1 is 0.440 bits per heavy atom. The van der Waals surface area contributed by atoms with E-state index in [0.29, 0.717) is 0 Å². The van der Waals surface area contributed by atoms with Gasteiger partial charge in [-0.3, -0.25) is 0 Å². The molecule has 3 rings (SSSR count).